The Labute approximate surface area is 104 Å². The van der Waals surface area contributed by atoms with Gasteiger partial charge in [0.05, 0.1) is 6.61 Å². The van der Waals surface area contributed by atoms with Crippen molar-refractivity contribution >= 4 is 0 Å². The Morgan fingerprint density at radius 3 is 2.88 bits per heavy atom. The van der Waals surface area contributed by atoms with Crippen molar-refractivity contribution in [1.82, 2.24) is 9.88 Å². The van der Waals surface area contributed by atoms with Gasteiger partial charge in [-0.2, -0.15) is 0 Å². The smallest absolute Gasteiger partial charge is 0.0507 e. The van der Waals surface area contributed by atoms with Gasteiger partial charge in [-0.15, -0.1) is 0 Å². The van der Waals surface area contributed by atoms with E-state index in [-0.39, 0.29) is 0 Å². The molecule has 0 amide bonds. The number of ether oxygens (including phenoxy) is 1. The molecule has 0 radical (unpaired) electrons. The van der Waals surface area contributed by atoms with Crippen molar-refractivity contribution in [3.05, 3.63) is 30.1 Å². The van der Waals surface area contributed by atoms with Gasteiger partial charge in [0.1, 0.15) is 0 Å². The average Bonchev–Trinajstić information content (AvgIpc) is 2.88. The molecule has 2 heterocycles. The van der Waals surface area contributed by atoms with Crippen LogP contribution in [0.4, 0.5) is 0 Å². The Balaban J connectivity index is 1.75. The van der Waals surface area contributed by atoms with Crippen LogP contribution in [-0.2, 0) is 11.2 Å². The Morgan fingerprint density at radius 1 is 1.41 bits per heavy atom. The van der Waals surface area contributed by atoms with Gasteiger partial charge in [-0.3, -0.25) is 4.98 Å². The van der Waals surface area contributed by atoms with Gasteiger partial charge in [0.15, 0.2) is 0 Å². The number of likely N-dealkylation sites (N-methyl/N-ethyl adjacent to an activating group) is 1. The van der Waals surface area contributed by atoms with E-state index >= 15 is 0 Å². The summed E-state index contributed by atoms with van der Waals surface area (Å²) in [7, 11) is 0. The van der Waals surface area contributed by atoms with E-state index in [0.717, 1.165) is 38.6 Å². The second-order valence-corrected chi connectivity index (χ2v) is 4.73. The van der Waals surface area contributed by atoms with Crippen LogP contribution in [0, 0.1) is 5.92 Å². The summed E-state index contributed by atoms with van der Waals surface area (Å²) in [5.41, 5.74) is 1.38. The third-order valence-corrected chi connectivity index (χ3v) is 3.45. The van der Waals surface area contributed by atoms with Crippen LogP contribution in [0.2, 0.25) is 0 Å². The topological polar surface area (TPSA) is 25.4 Å². The van der Waals surface area contributed by atoms with Gasteiger partial charge in [0.25, 0.3) is 0 Å². The van der Waals surface area contributed by atoms with E-state index in [1.54, 1.807) is 0 Å². The lowest BCUT2D eigenvalue weighted by Crippen LogP contribution is -2.31. The molecule has 17 heavy (non-hydrogen) atoms. The zero-order valence-electron chi connectivity index (χ0n) is 10.6. The fourth-order valence-electron chi connectivity index (χ4n) is 2.31. The van der Waals surface area contributed by atoms with Crippen LogP contribution in [-0.4, -0.2) is 42.7 Å². The van der Waals surface area contributed by atoms with Crippen LogP contribution in [0.25, 0.3) is 0 Å². The third-order valence-electron chi connectivity index (χ3n) is 3.45. The molecule has 0 N–H and O–H groups in total. The second-order valence-electron chi connectivity index (χ2n) is 4.73. The summed E-state index contributed by atoms with van der Waals surface area (Å²) in [5, 5.41) is 0. The number of pyridine rings is 1. The fraction of sp³-hybridized carbons (Fsp3) is 0.643. The highest BCUT2D eigenvalue weighted by molar-refractivity contribution is 5.09. The molecule has 0 bridgehead atoms. The van der Waals surface area contributed by atoms with E-state index in [1.165, 1.54) is 18.5 Å². The van der Waals surface area contributed by atoms with Gasteiger partial charge >= 0.3 is 0 Å². The quantitative estimate of drug-likeness (QED) is 0.752. The predicted molar refractivity (Wildman–Crippen MR) is 69.0 cm³/mol. The zero-order valence-corrected chi connectivity index (χ0v) is 10.6. The number of nitrogens with zero attached hydrogens (tertiary/aromatic N) is 2. The Kier molecular flexibility index (Phi) is 4.95. The molecule has 0 saturated carbocycles. The molecule has 0 spiro atoms. The van der Waals surface area contributed by atoms with Gasteiger partial charge in [-0.25, -0.2) is 0 Å². The molecule has 1 saturated heterocycles. The summed E-state index contributed by atoms with van der Waals surface area (Å²) in [6.45, 7) is 7.58. The maximum Gasteiger partial charge on any atom is 0.0507 e. The van der Waals surface area contributed by atoms with Gasteiger partial charge in [0, 0.05) is 32.1 Å². The minimum absolute atomic E-state index is 0.743. The van der Waals surface area contributed by atoms with Gasteiger partial charge in [0.2, 0.25) is 0 Å². The van der Waals surface area contributed by atoms with E-state index in [4.69, 9.17) is 4.74 Å². The number of rotatable bonds is 6. The molecule has 1 aromatic rings. The summed E-state index contributed by atoms with van der Waals surface area (Å²) in [6, 6.07) is 4.21. The minimum atomic E-state index is 0.743. The van der Waals surface area contributed by atoms with Crippen LogP contribution in [0.3, 0.4) is 0 Å². The van der Waals surface area contributed by atoms with Crippen LogP contribution in [0.5, 0.6) is 0 Å². The first-order valence-corrected chi connectivity index (χ1v) is 6.57. The maximum atomic E-state index is 5.43. The fourth-order valence-corrected chi connectivity index (χ4v) is 2.31. The highest BCUT2D eigenvalue weighted by atomic mass is 16.5. The summed E-state index contributed by atoms with van der Waals surface area (Å²) < 4.78 is 5.43. The van der Waals surface area contributed by atoms with Gasteiger partial charge in [-0.1, -0.05) is 6.92 Å². The molecule has 0 aromatic carbocycles. The average molecular weight is 234 g/mol. The molecule has 3 nitrogen and oxygen atoms in total. The van der Waals surface area contributed by atoms with Crippen molar-refractivity contribution in [1.29, 1.82) is 0 Å². The van der Waals surface area contributed by atoms with Crippen LogP contribution in [0.1, 0.15) is 18.9 Å². The first-order valence-electron chi connectivity index (χ1n) is 6.57. The molecule has 3 heteroatoms. The molecule has 1 fully saturated rings. The number of hydrogen-bond acceptors (Lipinski definition) is 3. The standard InChI is InChI=1S/C14H22N2O/c1-2-16(11-14-6-10-17-12-14)9-5-13-3-7-15-8-4-13/h3-4,7-8,14H,2,5-6,9-12H2,1H3. The Hall–Kier alpha value is -0.930. The van der Waals surface area contributed by atoms with E-state index in [2.05, 4.69) is 28.9 Å². The van der Waals surface area contributed by atoms with Crippen LogP contribution < -0.4 is 0 Å². The summed E-state index contributed by atoms with van der Waals surface area (Å²) in [5.74, 6) is 0.743. The van der Waals surface area contributed by atoms with E-state index in [0.29, 0.717) is 0 Å². The lowest BCUT2D eigenvalue weighted by molar-refractivity contribution is 0.169. The van der Waals surface area contributed by atoms with E-state index in [9.17, 15) is 0 Å². The molecule has 0 aliphatic carbocycles. The molecule has 1 unspecified atom stereocenters. The Bertz CT molecular complexity index is 309. The number of hydrogen-bond donors (Lipinski definition) is 0. The molecule has 1 aromatic heterocycles. The summed E-state index contributed by atoms with van der Waals surface area (Å²) in [4.78, 5) is 6.57. The zero-order chi connectivity index (χ0) is 11.9. The second kappa shape index (κ2) is 6.72. The Morgan fingerprint density at radius 2 is 2.24 bits per heavy atom. The predicted octanol–water partition coefficient (Wildman–Crippen LogP) is 1.98. The normalized spacial score (nSPS) is 20.0. The molecule has 1 aliphatic heterocycles. The van der Waals surface area contributed by atoms with Crippen molar-refractivity contribution < 1.29 is 4.74 Å². The molecule has 1 aliphatic rings. The molecular formula is C14H22N2O. The van der Waals surface area contributed by atoms with Crippen molar-refractivity contribution in [3.8, 4) is 0 Å². The SMILES string of the molecule is CCN(CCc1ccncc1)CC1CCOC1. The molecule has 1 atom stereocenters. The van der Waals surface area contributed by atoms with E-state index in [1.807, 2.05) is 12.4 Å². The minimum Gasteiger partial charge on any atom is -0.381 e. The van der Waals surface area contributed by atoms with E-state index < -0.39 is 0 Å². The highest BCUT2D eigenvalue weighted by Crippen LogP contribution is 2.14. The molecular weight excluding hydrogens is 212 g/mol. The van der Waals surface area contributed by atoms with Crippen LogP contribution in [0.15, 0.2) is 24.5 Å². The molecule has 94 valence electrons. The third kappa shape index (κ3) is 4.10. The van der Waals surface area contributed by atoms with Crippen molar-refractivity contribution in [3.63, 3.8) is 0 Å². The monoisotopic (exact) mass is 234 g/mol. The summed E-state index contributed by atoms with van der Waals surface area (Å²) >= 11 is 0. The lowest BCUT2D eigenvalue weighted by Gasteiger charge is -2.23. The maximum absolute atomic E-state index is 5.43. The lowest BCUT2D eigenvalue weighted by atomic mass is 10.1. The van der Waals surface area contributed by atoms with Crippen molar-refractivity contribution in [2.45, 2.75) is 19.8 Å². The van der Waals surface area contributed by atoms with Crippen molar-refractivity contribution in [2.75, 3.05) is 32.8 Å². The molecule has 2 rings (SSSR count). The van der Waals surface area contributed by atoms with Crippen molar-refractivity contribution in [2.24, 2.45) is 5.92 Å². The first-order chi connectivity index (χ1) is 8.38. The van der Waals surface area contributed by atoms with Gasteiger partial charge in [-0.05, 0) is 43.0 Å². The van der Waals surface area contributed by atoms with Crippen LogP contribution >= 0.6 is 0 Å². The number of aromatic nitrogens is 1. The summed E-state index contributed by atoms with van der Waals surface area (Å²) in [6.07, 6.45) is 6.09. The highest BCUT2D eigenvalue weighted by Gasteiger charge is 2.18. The van der Waals surface area contributed by atoms with Gasteiger partial charge < -0.3 is 9.64 Å². The largest absolute Gasteiger partial charge is 0.381 e. The first kappa shape index (κ1) is 12.5.